The summed E-state index contributed by atoms with van der Waals surface area (Å²) >= 11 is 0. The van der Waals surface area contributed by atoms with Crippen LogP contribution in [0.15, 0.2) is 0 Å². The summed E-state index contributed by atoms with van der Waals surface area (Å²) in [5.74, 6) is 1.02. The molecule has 4 heteroatoms. The number of carbonyl (C=O) groups is 1. The van der Waals surface area contributed by atoms with Crippen molar-refractivity contribution in [1.82, 2.24) is 9.80 Å². The molecule has 0 radical (unpaired) electrons. The van der Waals surface area contributed by atoms with E-state index in [0.29, 0.717) is 13.1 Å². The lowest BCUT2D eigenvalue weighted by molar-refractivity contribution is -0.133. The molecule has 0 heterocycles. The van der Waals surface area contributed by atoms with Crippen molar-refractivity contribution < 1.29 is 4.79 Å². The third-order valence-electron chi connectivity index (χ3n) is 4.88. The molecule has 1 aliphatic rings. The first kappa shape index (κ1) is 16.4. The van der Waals surface area contributed by atoms with Gasteiger partial charge in [0.05, 0.1) is 6.54 Å². The summed E-state index contributed by atoms with van der Waals surface area (Å²) in [5, 5.41) is 0. The van der Waals surface area contributed by atoms with Gasteiger partial charge in [-0.15, -0.1) is 0 Å². The molecule has 0 aromatic carbocycles. The van der Waals surface area contributed by atoms with Crippen molar-refractivity contribution in [3.05, 3.63) is 0 Å². The summed E-state index contributed by atoms with van der Waals surface area (Å²) < 4.78 is 0. The van der Waals surface area contributed by atoms with Gasteiger partial charge < -0.3 is 10.6 Å². The molecule has 0 aromatic rings. The first-order valence-corrected chi connectivity index (χ1v) is 7.68. The van der Waals surface area contributed by atoms with Gasteiger partial charge in [0.1, 0.15) is 0 Å². The fourth-order valence-corrected chi connectivity index (χ4v) is 3.09. The lowest BCUT2D eigenvalue weighted by atomic mass is 9.76. The normalized spacial score (nSPS) is 27.6. The van der Waals surface area contributed by atoms with Crippen molar-refractivity contribution in [2.24, 2.45) is 11.7 Å². The molecular weight excluding hydrogens is 238 g/mol. The minimum atomic E-state index is 0.0370. The predicted molar refractivity (Wildman–Crippen MR) is 80.0 cm³/mol. The average Bonchev–Trinajstić information content (AvgIpc) is 2.41. The van der Waals surface area contributed by atoms with Gasteiger partial charge in [0.15, 0.2) is 0 Å². The van der Waals surface area contributed by atoms with Crippen molar-refractivity contribution in [1.29, 1.82) is 0 Å². The van der Waals surface area contributed by atoms with E-state index in [-0.39, 0.29) is 11.4 Å². The van der Waals surface area contributed by atoms with Crippen molar-refractivity contribution in [2.45, 2.75) is 52.0 Å². The molecule has 1 fully saturated rings. The molecule has 0 aliphatic heterocycles. The molecule has 1 aliphatic carbocycles. The maximum Gasteiger partial charge on any atom is 0.236 e. The molecule has 0 unspecified atom stereocenters. The zero-order chi connectivity index (χ0) is 14.5. The van der Waals surface area contributed by atoms with Crippen LogP contribution in [0.2, 0.25) is 0 Å². The van der Waals surface area contributed by atoms with Crippen LogP contribution in [0.5, 0.6) is 0 Å². The van der Waals surface area contributed by atoms with Gasteiger partial charge in [0.2, 0.25) is 5.91 Å². The van der Waals surface area contributed by atoms with E-state index in [2.05, 4.69) is 18.9 Å². The number of hydrogen-bond donors (Lipinski definition) is 1. The van der Waals surface area contributed by atoms with E-state index in [1.807, 2.05) is 18.7 Å². The number of carbonyl (C=O) groups excluding carboxylic acids is 1. The second-order valence-corrected chi connectivity index (χ2v) is 6.03. The van der Waals surface area contributed by atoms with Gasteiger partial charge in [-0.1, -0.05) is 6.92 Å². The number of amides is 1. The molecule has 2 N–H and O–H groups in total. The summed E-state index contributed by atoms with van der Waals surface area (Å²) in [6.45, 7) is 9.09. The van der Waals surface area contributed by atoms with Crippen LogP contribution in [0.4, 0.5) is 0 Å². The van der Waals surface area contributed by atoms with Gasteiger partial charge in [-0.05, 0) is 52.5 Å². The second kappa shape index (κ2) is 7.25. The van der Waals surface area contributed by atoms with Crippen LogP contribution in [0.25, 0.3) is 0 Å². The van der Waals surface area contributed by atoms with Crippen molar-refractivity contribution in [2.75, 3.05) is 33.2 Å². The van der Waals surface area contributed by atoms with Crippen LogP contribution in [0, 0.1) is 5.92 Å². The van der Waals surface area contributed by atoms with E-state index >= 15 is 0 Å². The van der Waals surface area contributed by atoms with E-state index in [9.17, 15) is 4.79 Å². The Balaban J connectivity index is 2.64. The molecule has 0 saturated heterocycles. The van der Waals surface area contributed by atoms with Crippen LogP contribution in [-0.4, -0.2) is 54.5 Å². The highest BCUT2D eigenvalue weighted by Gasteiger charge is 2.37. The van der Waals surface area contributed by atoms with Crippen molar-refractivity contribution in [3.8, 4) is 0 Å². The molecule has 4 nitrogen and oxygen atoms in total. The molecule has 0 aromatic heterocycles. The maximum atomic E-state index is 12.2. The van der Waals surface area contributed by atoms with Crippen molar-refractivity contribution in [3.63, 3.8) is 0 Å². The summed E-state index contributed by atoms with van der Waals surface area (Å²) in [6.07, 6.45) is 4.68. The molecular formula is C15H31N3O. The highest BCUT2D eigenvalue weighted by Crippen LogP contribution is 2.35. The Morgan fingerprint density at radius 3 is 2.21 bits per heavy atom. The Bertz CT molecular complexity index is 281. The topological polar surface area (TPSA) is 49.6 Å². The minimum absolute atomic E-state index is 0.0370. The molecule has 0 spiro atoms. The Hall–Kier alpha value is -0.610. The zero-order valence-electron chi connectivity index (χ0n) is 13.1. The second-order valence-electron chi connectivity index (χ2n) is 6.03. The molecule has 1 rings (SSSR count). The minimum Gasteiger partial charge on any atom is -0.342 e. The summed E-state index contributed by atoms with van der Waals surface area (Å²) in [4.78, 5) is 16.3. The monoisotopic (exact) mass is 269 g/mol. The summed E-state index contributed by atoms with van der Waals surface area (Å²) in [7, 11) is 2.06. The molecule has 1 amide bonds. The SMILES string of the molecule is CCN(CC)C(=O)CN(C)C1(CN)CCC(C)CC1. The molecule has 19 heavy (non-hydrogen) atoms. The molecule has 0 bridgehead atoms. The summed E-state index contributed by atoms with van der Waals surface area (Å²) in [6, 6.07) is 0. The van der Waals surface area contributed by atoms with Gasteiger partial charge >= 0.3 is 0 Å². The van der Waals surface area contributed by atoms with Gasteiger partial charge in [-0.25, -0.2) is 0 Å². The standard InChI is InChI=1S/C15H31N3O/c1-5-18(6-2)14(19)11-17(4)15(12-16)9-7-13(3)8-10-15/h13H,5-12,16H2,1-4H3. The number of nitrogens with zero attached hydrogens (tertiary/aromatic N) is 2. The Morgan fingerprint density at radius 1 is 1.26 bits per heavy atom. The van der Waals surface area contributed by atoms with Gasteiger partial charge in [0.25, 0.3) is 0 Å². The average molecular weight is 269 g/mol. The smallest absolute Gasteiger partial charge is 0.236 e. The maximum absolute atomic E-state index is 12.2. The van der Waals surface area contributed by atoms with Gasteiger partial charge in [-0.2, -0.15) is 0 Å². The zero-order valence-corrected chi connectivity index (χ0v) is 13.1. The molecule has 0 atom stereocenters. The van der Waals surface area contributed by atoms with Crippen LogP contribution in [0.1, 0.15) is 46.5 Å². The number of likely N-dealkylation sites (N-methyl/N-ethyl adjacent to an activating group) is 2. The van der Waals surface area contributed by atoms with E-state index in [4.69, 9.17) is 5.73 Å². The Kier molecular flexibility index (Phi) is 6.27. The van der Waals surface area contributed by atoms with Gasteiger partial charge in [-0.3, -0.25) is 9.69 Å². The largest absolute Gasteiger partial charge is 0.342 e. The predicted octanol–water partition coefficient (Wildman–Crippen LogP) is 1.69. The fourth-order valence-electron chi connectivity index (χ4n) is 3.09. The van der Waals surface area contributed by atoms with Gasteiger partial charge in [0, 0.05) is 25.2 Å². The lowest BCUT2D eigenvalue weighted by Gasteiger charge is -2.45. The lowest BCUT2D eigenvalue weighted by Crippen LogP contribution is -2.56. The Morgan fingerprint density at radius 2 is 1.79 bits per heavy atom. The number of hydrogen-bond acceptors (Lipinski definition) is 3. The first-order chi connectivity index (χ1) is 8.99. The van der Waals surface area contributed by atoms with Crippen LogP contribution in [0.3, 0.4) is 0 Å². The van der Waals surface area contributed by atoms with E-state index in [0.717, 1.165) is 31.8 Å². The quantitative estimate of drug-likeness (QED) is 0.798. The first-order valence-electron chi connectivity index (χ1n) is 7.68. The highest BCUT2D eigenvalue weighted by molar-refractivity contribution is 5.78. The third-order valence-corrected chi connectivity index (χ3v) is 4.88. The highest BCUT2D eigenvalue weighted by atomic mass is 16.2. The fraction of sp³-hybridized carbons (Fsp3) is 0.933. The van der Waals surface area contributed by atoms with Crippen LogP contribution < -0.4 is 5.73 Å². The number of nitrogens with two attached hydrogens (primary N) is 1. The van der Waals surface area contributed by atoms with Crippen LogP contribution >= 0.6 is 0 Å². The van der Waals surface area contributed by atoms with E-state index in [1.54, 1.807) is 0 Å². The van der Waals surface area contributed by atoms with E-state index < -0.39 is 0 Å². The summed E-state index contributed by atoms with van der Waals surface area (Å²) in [5.41, 5.74) is 6.07. The van der Waals surface area contributed by atoms with Crippen LogP contribution in [-0.2, 0) is 4.79 Å². The van der Waals surface area contributed by atoms with Crippen molar-refractivity contribution >= 4 is 5.91 Å². The Labute approximate surface area is 118 Å². The third kappa shape index (κ3) is 3.93. The number of rotatable bonds is 6. The van der Waals surface area contributed by atoms with E-state index in [1.165, 1.54) is 12.8 Å². The molecule has 1 saturated carbocycles. The molecule has 112 valence electrons.